The first-order chi connectivity index (χ1) is 7.90. The molecule has 0 bridgehead atoms. The summed E-state index contributed by atoms with van der Waals surface area (Å²) in [4.78, 5) is 8.35. The highest BCUT2D eigenvalue weighted by Crippen LogP contribution is 2.27. The minimum Gasteiger partial charge on any atom is -0.396 e. The van der Waals surface area contributed by atoms with Crippen LogP contribution in [0.3, 0.4) is 0 Å². The number of aromatic nitrogens is 2. The number of aliphatic hydroxyl groups excluding tert-OH is 1. The number of anilines is 1. The van der Waals surface area contributed by atoms with Crippen LogP contribution in [0.1, 0.15) is 31.1 Å². The Kier molecular flexibility index (Phi) is 4.07. The molecule has 1 saturated heterocycles. The molecule has 2 N–H and O–H groups in total. The van der Waals surface area contributed by atoms with E-state index in [9.17, 15) is 0 Å². The largest absolute Gasteiger partial charge is 0.396 e. The Balaban J connectivity index is 1.95. The van der Waals surface area contributed by atoms with Crippen molar-refractivity contribution in [3.63, 3.8) is 0 Å². The van der Waals surface area contributed by atoms with Gasteiger partial charge in [-0.05, 0) is 19.3 Å². The molecule has 1 aliphatic rings. The van der Waals surface area contributed by atoms with Gasteiger partial charge in [-0.15, -0.1) is 0 Å². The van der Waals surface area contributed by atoms with Crippen LogP contribution in [0.15, 0.2) is 12.4 Å². The Labute approximate surface area is 94.9 Å². The van der Waals surface area contributed by atoms with Gasteiger partial charge in [-0.25, -0.2) is 9.97 Å². The molecule has 0 spiro atoms. The summed E-state index contributed by atoms with van der Waals surface area (Å²) < 4.78 is 5.56. The fraction of sp³-hybridized carbons (Fsp3) is 0.636. The van der Waals surface area contributed by atoms with E-state index in [1.165, 1.54) is 0 Å². The second-order valence-electron chi connectivity index (χ2n) is 3.83. The fourth-order valence-electron chi connectivity index (χ4n) is 1.75. The van der Waals surface area contributed by atoms with Gasteiger partial charge in [0.1, 0.15) is 12.1 Å². The smallest absolute Gasteiger partial charge is 0.129 e. The Bertz CT molecular complexity index is 327. The van der Waals surface area contributed by atoms with Gasteiger partial charge in [0.25, 0.3) is 0 Å². The van der Waals surface area contributed by atoms with Crippen LogP contribution in [0.5, 0.6) is 0 Å². The predicted molar refractivity (Wildman–Crippen MR) is 60.2 cm³/mol. The molecule has 2 heterocycles. The van der Waals surface area contributed by atoms with Crippen LogP contribution in [0, 0.1) is 0 Å². The zero-order chi connectivity index (χ0) is 11.2. The highest BCUT2D eigenvalue weighted by Gasteiger charge is 2.19. The van der Waals surface area contributed by atoms with Crippen molar-refractivity contribution in [2.75, 3.05) is 25.1 Å². The molecule has 5 nitrogen and oxygen atoms in total. The predicted octanol–water partition coefficient (Wildman–Crippen LogP) is 1.12. The Morgan fingerprint density at radius 3 is 3.19 bits per heavy atom. The molecule has 2 rings (SSSR count). The molecular formula is C11H17N3O2. The standard InChI is InChI=1S/C11H17N3O2/c15-5-2-4-12-11-7-9(13-8-14-11)10-3-1-6-16-10/h7-8,10,15H,1-6H2,(H,12,13,14). The summed E-state index contributed by atoms with van der Waals surface area (Å²) in [6, 6.07) is 1.92. The van der Waals surface area contributed by atoms with Gasteiger partial charge in [0.05, 0.1) is 11.8 Å². The van der Waals surface area contributed by atoms with E-state index >= 15 is 0 Å². The van der Waals surface area contributed by atoms with Gasteiger partial charge in [0.2, 0.25) is 0 Å². The molecule has 1 aromatic rings. The van der Waals surface area contributed by atoms with Gasteiger partial charge in [-0.2, -0.15) is 0 Å². The Hall–Kier alpha value is -1.20. The van der Waals surface area contributed by atoms with Crippen molar-refractivity contribution >= 4 is 5.82 Å². The molecule has 88 valence electrons. The van der Waals surface area contributed by atoms with Crippen LogP contribution >= 0.6 is 0 Å². The fourth-order valence-corrected chi connectivity index (χ4v) is 1.75. The lowest BCUT2D eigenvalue weighted by Crippen LogP contribution is -2.07. The molecule has 16 heavy (non-hydrogen) atoms. The van der Waals surface area contributed by atoms with Crippen LogP contribution in [-0.4, -0.2) is 34.8 Å². The maximum Gasteiger partial charge on any atom is 0.129 e. The molecule has 0 aromatic carbocycles. The minimum atomic E-state index is 0.126. The Morgan fingerprint density at radius 1 is 1.50 bits per heavy atom. The summed E-state index contributed by atoms with van der Waals surface area (Å²) in [5.41, 5.74) is 0.944. The maximum absolute atomic E-state index is 8.68. The lowest BCUT2D eigenvalue weighted by molar-refractivity contribution is 0.108. The van der Waals surface area contributed by atoms with E-state index in [0.29, 0.717) is 0 Å². The average molecular weight is 223 g/mol. The molecule has 1 unspecified atom stereocenters. The number of rotatable bonds is 5. The summed E-state index contributed by atoms with van der Waals surface area (Å²) in [5, 5.41) is 11.8. The molecule has 1 fully saturated rings. The van der Waals surface area contributed by atoms with Gasteiger partial charge in [0, 0.05) is 25.8 Å². The lowest BCUT2D eigenvalue weighted by Gasteiger charge is -2.10. The van der Waals surface area contributed by atoms with Gasteiger partial charge >= 0.3 is 0 Å². The van der Waals surface area contributed by atoms with Crippen LogP contribution in [0.2, 0.25) is 0 Å². The first-order valence-electron chi connectivity index (χ1n) is 5.68. The zero-order valence-electron chi connectivity index (χ0n) is 9.22. The second kappa shape index (κ2) is 5.77. The monoisotopic (exact) mass is 223 g/mol. The maximum atomic E-state index is 8.68. The van der Waals surface area contributed by atoms with E-state index in [1.54, 1.807) is 6.33 Å². The van der Waals surface area contributed by atoms with Gasteiger partial charge < -0.3 is 15.2 Å². The van der Waals surface area contributed by atoms with E-state index < -0.39 is 0 Å². The zero-order valence-corrected chi connectivity index (χ0v) is 9.22. The normalized spacial score (nSPS) is 19.9. The third kappa shape index (κ3) is 2.90. The minimum absolute atomic E-state index is 0.126. The van der Waals surface area contributed by atoms with Gasteiger partial charge in [-0.3, -0.25) is 0 Å². The van der Waals surface area contributed by atoms with Gasteiger partial charge in [-0.1, -0.05) is 0 Å². The van der Waals surface area contributed by atoms with Crippen molar-refractivity contribution < 1.29 is 9.84 Å². The average Bonchev–Trinajstić information content (AvgIpc) is 2.83. The van der Waals surface area contributed by atoms with E-state index in [1.807, 2.05) is 6.07 Å². The summed E-state index contributed by atoms with van der Waals surface area (Å²) in [6.45, 7) is 1.73. The number of aliphatic hydroxyl groups is 1. The molecule has 0 aliphatic carbocycles. The number of ether oxygens (including phenoxy) is 1. The highest BCUT2D eigenvalue weighted by molar-refractivity contribution is 5.35. The van der Waals surface area contributed by atoms with Crippen molar-refractivity contribution in [2.24, 2.45) is 0 Å². The molecule has 1 aromatic heterocycles. The van der Waals surface area contributed by atoms with E-state index in [2.05, 4.69) is 15.3 Å². The SMILES string of the molecule is OCCCNc1cc(C2CCCO2)ncn1. The van der Waals surface area contributed by atoms with Crippen molar-refractivity contribution in [2.45, 2.75) is 25.4 Å². The van der Waals surface area contributed by atoms with Crippen LogP contribution < -0.4 is 5.32 Å². The summed E-state index contributed by atoms with van der Waals surface area (Å²) >= 11 is 0. The molecule has 5 heteroatoms. The molecule has 1 atom stereocenters. The second-order valence-corrected chi connectivity index (χ2v) is 3.83. The first-order valence-corrected chi connectivity index (χ1v) is 5.68. The first kappa shape index (κ1) is 11.3. The van der Waals surface area contributed by atoms with Crippen LogP contribution in [0.4, 0.5) is 5.82 Å². The molecule has 1 aliphatic heterocycles. The van der Waals surface area contributed by atoms with E-state index in [0.717, 1.165) is 43.9 Å². The molecule has 0 amide bonds. The number of hydrogen-bond donors (Lipinski definition) is 2. The van der Waals surface area contributed by atoms with Crippen molar-refractivity contribution in [1.29, 1.82) is 0 Å². The van der Waals surface area contributed by atoms with Crippen molar-refractivity contribution in [3.05, 3.63) is 18.1 Å². The number of nitrogens with zero attached hydrogens (tertiary/aromatic N) is 2. The van der Waals surface area contributed by atoms with Crippen LogP contribution in [-0.2, 0) is 4.74 Å². The summed E-state index contributed by atoms with van der Waals surface area (Å²) in [5.74, 6) is 0.800. The third-order valence-corrected chi connectivity index (χ3v) is 2.59. The quantitative estimate of drug-likeness (QED) is 0.732. The summed E-state index contributed by atoms with van der Waals surface area (Å²) in [7, 11) is 0. The molecule has 0 saturated carbocycles. The topological polar surface area (TPSA) is 67.3 Å². The van der Waals surface area contributed by atoms with E-state index in [-0.39, 0.29) is 12.7 Å². The van der Waals surface area contributed by atoms with Crippen molar-refractivity contribution in [1.82, 2.24) is 9.97 Å². The lowest BCUT2D eigenvalue weighted by atomic mass is 10.2. The van der Waals surface area contributed by atoms with E-state index in [4.69, 9.17) is 9.84 Å². The van der Waals surface area contributed by atoms with Gasteiger partial charge in [0.15, 0.2) is 0 Å². The van der Waals surface area contributed by atoms with Crippen LogP contribution in [0.25, 0.3) is 0 Å². The summed E-state index contributed by atoms with van der Waals surface area (Å²) in [6.07, 6.45) is 4.54. The third-order valence-electron chi connectivity index (χ3n) is 2.59. The highest BCUT2D eigenvalue weighted by atomic mass is 16.5. The number of nitrogens with one attached hydrogen (secondary N) is 1. The Morgan fingerprint density at radius 2 is 2.44 bits per heavy atom. The van der Waals surface area contributed by atoms with Crippen molar-refractivity contribution in [3.8, 4) is 0 Å². The molecular weight excluding hydrogens is 206 g/mol. The number of hydrogen-bond acceptors (Lipinski definition) is 5. The molecule has 0 radical (unpaired) electrons.